The monoisotopic (exact) mass is 261 g/mol. The van der Waals surface area contributed by atoms with Gasteiger partial charge in [0.2, 0.25) is 0 Å². The average Bonchev–Trinajstić information content (AvgIpc) is 2.49. The Morgan fingerprint density at radius 1 is 0.600 bits per heavy atom. The summed E-state index contributed by atoms with van der Waals surface area (Å²) < 4.78 is 0. The molecule has 98 valence electrons. The van der Waals surface area contributed by atoms with Gasteiger partial charge in [-0.3, -0.25) is 4.98 Å². The van der Waals surface area contributed by atoms with E-state index in [0.717, 1.165) is 33.6 Å². The molecule has 0 aliphatic rings. The van der Waals surface area contributed by atoms with E-state index < -0.39 is 0 Å². The fourth-order valence-electron chi connectivity index (χ4n) is 2.25. The Balaban J connectivity index is 2.19. The molecule has 0 atom stereocenters. The van der Waals surface area contributed by atoms with Gasteiger partial charge >= 0.3 is 0 Å². The van der Waals surface area contributed by atoms with E-state index in [1.54, 1.807) is 12.4 Å². The molecule has 0 radical (unpaired) electrons. The molecule has 0 spiro atoms. The van der Waals surface area contributed by atoms with Crippen LogP contribution in [0.1, 0.15) is 0 Å². The Kier molecular flexibility index (Phi) is 3.09. The first-order valence-electron chi connectivity index (χ1n) is 6.40. The molecule has 0 aliphatic carbocycles. The first kappa shape index (κ1) is 12.2. The van der Waals surface area contributed by atoms with E-state index in [1.807, 2.05) is 54.6 Å². The minimum absolute atomic E-state index is 0.746. The smallest absolute Gasteiger partial charge is 0.0320 e. The highest BCUT2D eigenvalue weighted by atomic mass is 14.6. The largest absolute Gasteiger partial charge is 0.399 e. The highest BCUT2D eigenvalue weighted by Crippen LogP contribution is 2.33. The average molecular weight is 261 g/mol. The van der Waals surface area contributed by atoms with Crippen molar-refractivity contribution in [3.8, 4) is 22.3 Å². The van der Waals surface area contributed by atoms with Crippen LogP contribution in [0.5, 0.6) is 0 Å². The number of nitrogens with zero attached hydrogens (tertiary/aromatic N) is 1. The Labute approximate surface area is 117 Å². The zero-order valence-corrected chi connectivity index (χ0v) is 11.0. The van der Waals surface area contributed by atoms with Crippen LogP contribution in [0.15, 0.2) is 67.0 Å². The number of nitrogen functional groups attached to an aromatic ring is 2. The number of hydrogen-bond acceptors (Lipinski definition) is 3. The molecule has 3 nitrogen and oxygen atoms in total. The molecule has 0 bridgehead atoms. The number of anilines is 2. The van der Waals surface area contributed by atoms with Crippen molar-refractivity contribution >= 4 is 11.4 Å². The summed E-state index contributed by atoms with van der Waals surface area (Å²) in [5.41, 5.74) is 17.6. The maximum Gasteiger partial charge on any atom is 0.0320 e. The van der Waals surface area contributed by atoms with Gasteiger partial charge in [-0.25, -0.2) is 0 Å². The fraction of sp³-hybridized carbons (Fsp3) is 0. The van der Waals surface area contributed by atoms with Crippen LogP contribution in [-0.2, 0) is 0 Å². The molecule has 3 heteroatoms. The molecule has 0 amide bonds. The number of hydrogen-bond donors (Lipinski definition) is 2. The summed E-state index contributed by atoms with van der Waals surface area (Å²) >= 11 is 0. The number of nitrogens with two attached hydrogens (primary N) is 2. The molecular formula is C17H15N3. The molecule has 3 aromatic rings. The fourth-order valence-corrected chi connectivity index (χ4v) is 2.25. The molecular weight excluding hydrogens is 246 g/mol. The minimum Gasteiger partial charge on any atom is -0.399 e. The number of benzene rings is 2. The topological polar surface area (TPSA) is 64.9 Å². The second kappa shape index (κ2) is 5.05. The van der Waals surface area contributed by atoms with E-state index in [1.165, 1.54) is 0 Å². The van der Waals surface area contributed by atoms with Crippen LogP contribution in [0.4, 0.5) is 11.4 Å². The van der Waals surface area contributed by atoms with E-state index >= 15 is 0 Å². The van der Waals surface area contributed by atoms with Crippen LogP contribution < -0.4 is 11.5 Å². The lowest BCUT2D eigenvalue weighted by Gasteiger charge is -2.11. The number of aromatic nitrogens is 1. The van der Waals surface area contributed by atoms with E-state index in [4.69, 9.17) is 11.5 Å². The molecule has 20 heavy (non-hydrogen) atoms. The predicted octanol–water partition coefficient (Wildman–Crippen LogP) is 3.58. The SMILES string of the molecule is Nc1ccc(-c2ccc(N)cc2-c2ccncc2)cc1. The predicted molar refractivity (Wildman–Crippen MR) is 83.9 cm³/mol. The molecule has 3 rings (SSSR count). The lowest BCUT2D eigenvalue weighted by molar-refractivity contribution is 1.33. The molecule has 4 N–H and O–H groups in total. The van der Waals surface area contributed by atoms with Crippen molar-refractivity contribution in [1.82, 2.24) is 4.98 Å². The molecule has 1 aromatic heterocycles. The summed E-state index contributed by atoms with van der Waals surface area (Å²) in [5.74, 6) is 0. The molecule has 2 aromatic carbocycles. The molecule has 0 fully saturated rings. The first-order chi connectivity index (χ1) is 9.74. The van der Waals surface area contributed by atoms with Gasteiger partial charge in [0, 0.05) is 23.8 Å². The van der Waals surface area contributed by atoms with Gasteiger partial charge in [-0.05, 0) is 58.7 Å². The maximum atomic E-state index is 5.93. The van der Waals surface area contributed by atoms with Gasteiger partial charge in [-0.2, -0.15) is 0 Å². The number of rotatable bonds is 2. The molecule has 0 saturated carbocycles. The van der Waals surface area contributed by atoms with Gasteiger partial charge < -0.3 is 11.5 Å². The maximum absolute atomic E-state index is 5.93. The zero-order chi connectivity index (χ0) is 13.9. The van der Waals surface area contributed by atoms with Crippen molar-refractivity contribution in [2.45, 2.75) is 0 Å². The van der Waals surface area contributed by atoms with Gasteiger partial charge in [0.1, 0.15) is 0 Å². The summed E-state index contributed by atoms with van der Waals surface area (Å²) in [6.07, 6.45) is 3.57. The second-order valence-corrected chi connectivity index (χ2v) is 4.66. The summed E-state index contributed by atoms with van der Waals surface area (Å²) in [6, 6.07) is 17.8. The van der Waals surface area contributed by atoms with Crippen LogP contribution in [0.25, 0.3) is 22.3 Å². The van der Waals surface area contributed by atoms with Gasteiger partial charge in [0.15, 0.2) is 0 Å². The van der Waals surface area contributed by atoms with Crippen LogP contribution in [0, 0.1) is 0 Å². The molecule has 1 heterocycles. The Hall–Kier alpha value is -2.81. The molecule has 0 aliphatic heterocycles. The third-order valence-electron chi connectivity index (χ3n) is 3.26. The van der Waals surface area contributed by atoms with Gasteiger partial charge in [-0.1, -0.05) is 18.2 Å². The van der Waals surface area contributed by atoms with Gasteiger partial charge in [0.05, 0.1) is 0 Å². The normalized spacial score (nSPS) is 10.4. The van der Waals surface area contributed by atoms with Crippen molar-refractivity contribution in [2.24, 2.45) is 0 Å². The van der Waals surface area contributed by atoms with Crippen LogP contribution in [0.3, 0.4) is 0 Å². The second-order valence-electron chi connectivity index (χ2n) is 4.66. The Bertz CT molecular complexity index is 719. The van der Waals surface area contributed by atoms with Crippen LogP contribution in [0.2, 0.25) is 0 Å². The van der Waals surface area contributed by atoms with Gasteiger partial charge in [0.25, 0.3) is 0 Å². The van der Waals surface area contributed by atoms with Crippen molar-refractivity contribution in [3.63, 3.8) is 0 Å². The Morgan fingerprint density at radius 2 is 1.20 bits per heavy atom. The van der Waals surface area contributed by atoms with Crippen molar-refractivity contribution in [1.29, 1.82) is 0 Å². The van der Waals surface area contributed by atoms with Gasteiger partial charge in [-0.15, -0.1) is 0 Å². The molecule has 0 unspecified atom stereocenters. The highest BCUT2D eigenvalue weighted by Gasteiger charge is 2.07. The Morgan fingerprint density at radius 3 is 1.90 bits per heavy atom. The van der Waals surface area contributed by atoms with Crippen molar-refractivity contribution < 1.29 is 0 Å². The van der Waals surface area contributed by atoms with Crippen molar-refractivity contribution in [2.75, 3.05) is 11.5 Å². The minimum atomic E-state index is 0.746. The van der Waals surface area contributed by atoms with E-state index in [2.05, 4.69) is 4.98 Å². The standard InChI is InChI=1S/C17H15N3/c18-14-3-1-12(2-4-14)16-6-5-15(19)11-17(16)13-7-9-20-10-8-13/h1-11H,18-19H2. The summed E-state index contributed by atoms with van der Waals surface area (Å²) in [6.45, 7) is 0. The van der Waals surface area contributed by atoms with Crippen molar-refractivity contribution in [3.05, 3.63) is 67.0 Å². The quantitative estimate of drug-likeness (QED) is 0.693. The third-order valence-corrected chi connectivity index (χ3v) is 3.26. The third kappa shape index (κ3) is 2.34. The summed E-state index contributed by atoms with van der Waals surface area (Å²) in [7, 11) is 0. The zero-order valence-electron chi connectivity index (χ0n) is 11.0. The first-order valence-corrected chi connectivity index (χ1v) is 6.40. The van der Waals surface area contributed by atoms with E-state index in [0.29, 0.717) is 0 Å². The number of pyridine rings is 1. The summed E-state index contributed by atoms with van der Waals surface area (Å²) in [5, 5.41) is 0. The lowest BCUT2D eigenvalue weighted by Crippen LogP contribution is -1.91. The van der Waals surface area contributed by atoms with Crippen LogP contribution in [-0.4, -0.2) is 4.98 Å². The summed E-state index contributed by atoms with van der Waals surface area (Å²) in [4.78, 5) is 4.06. The van der Waals surface area contributed by atoms with E-state index in [9.17, 15) is 0 Å². The lowest BCUT2D eigenvalue weighted by atomic mass is 9.94. The van der Waals surface area contributed by atoms with E-state index in [-0.39, 0.29) is 0 Å². The van der Waals surface area contributed by atoms with Crippen LogP contribution >= 0.6 is 0 Å². The molecule has 0 saturated heterocycles. The highest BCUT2D eigenvalue weighted by molar-refractivity contribution is 5.85.